The lowest BCUT2D eigenvalue weighted by molar-refractivity contribution is 0.400. The van der Waals surface area contributed by atoms with E-state index in [0.717, 1.165) is 11.8 Å². The monoisotopic (exact) mass is 214 g/mol. The first-order valence-corrected chi connectivity index (χ1v) is 6.62. The van der Waals surface area contributed by atoms with Crippen molar-refractivity contribution in [3.8, 4) is 0 Å². The van der Waals surface area contributed by atoms with Crippen molar-refractivity contribution < 1.29 is 0 Å². The number of allylic oxidation sites excluding steroid dienone is 8. The highest BCUT2D eigenvalue weighted by Crippen LogP contribution is 2.45. The lowest BCUT2D eigenvalue weighted by atomic mass is 9.67. The largest absolute Gasteiger partial charge is 0.0802 e. The van der Waals surface area contributed by atoms with E-state index in [1.807, 2.05) is 13.8 Å². The van der Waals surface area contributed by atoms with Crippen molar-refractivity contribution in [3.63, 3.8) is 0 Å². The molecule has 0 N–H and O–H groups in total. The molecule has 86 valence electrons. The van der Waals surface area contributed by atoms with E-state index in [4.69, 9.17) is 0 Å². The van der Waals surface area contributed by atoms with Crippen LogP contribution in [0.5, 0.6) is 0 Å². The van der Waals surface area contributed by atoms with Gasteiger partial charge in [-0.2, -0.15) is 0 Å². The van der Waals surface area contributed by atoms with Crippen LogP contribution in [-0.4, -0.2) is 0 Å². The van der Waals surface area contributed by atoms with Gasteiger partial charge in [-0.05, 0) is 43.3 Å². The fraction of sp³-hybridized carbons (Fsp3) is 0.500. The van der Waals surface area contributed by atoms with Gasteiger partial charge in [-0.1, -0.05) is 49.8 Å². The van der Waals surface area contributed by atoms with E-state index in [2.05, 4.69) is 37.3 Å². The van der Waals surface area contributed by atoms with Gasteiger partial charge < -0.3 is 0 Å². The summed E-state index contributed by atoms with van der Waals surface area (Å²) in [6, 6.07) is 0. The van der Waals surface area contributed by atoms with Crippen LogP contribution < -0.4 is 0 Å². The van der Waals surface area contributed by atoms with E-state index in [-0.39, 0.29) is 0 Å². The molecule has 0 nitrogen and oxygen atoms in total. The highest BCUT2D eigenvalue weighted by atomic mass is 14.4. The molecule has 0 heteroatoms. The Kier molecular flexibility index (Phi) is 3.48. The average molecular weight is 214 g/mol. The second kappa shape index (κ2) is 4.86. The molecule has 0 aliphatic heterocycles. The van der Waals surface area contributed by atoms with Crippen molar-refractivity contribution in [2.45, 2.75) is 40.0 Å². The average Bonchev–Trinajstić information content (AvgIpc) is 2.37. The molecule has 0 aromatic rings. The molecule has 0 radical (unpaired) electrons. The molecule has 2 atom stereocenters. The first-order chi connectivity index (χ1) is 7.86. The summed E-state index contributed by atoms with van der Waals surface area (Å²) in [6.45, 7) is 6.24. The lowest BCUT2D eigenvalue weighted by Gasteiger charge is -2.37. The van der Waals surface area contributed by atoms with Crippen LogP contribution in [0.2, 0.25) is 0 Å². The minimum absolute atomic E-state index is 0.735. The van der Waals surface area contributed by atoms with E-state index in [1.54, 1.807) is 11.1 Å². The second-order valence-electron chi connectivity index (χ2n) is 4.63. The second-order valence-corrected chi connectivity index (χ2v) is 4.63. The molecular weight excluding hydrogens is 192 g/mol. The molecule has 0 saturated heterocycles. The molecule has 16 heavy (non-hydrogen) atoms. The summed E-state index contributed by atoms with van der Waals surface area (Å²) >= 11 is 0. The fourth-order valence-corrected chi connectivity index (χ4v) is 3.08. The van der Waals surface area contributed by atoms with Gasteiger partial charge in [-0.25, -0.2) is 0 Å². The Morgan fingerprint density at radius 3 is 2.81 bits per heavy atom. The predicted molar refractivity (Wildman–Crippen MR) is 71.2 cm³/mol. The van der Waals surface area contributed by atoms with Crippen molar-refractivity contribution in [2.75, 3.05) is 0 Å². The third-order valence-corrected chi connectivity index (χ3v) is 3.80. The molecule has 1 fully saturated rings. The Bertz CT molecular complexity index is 377. The van der Waals surface area contributed by atoms with E-state index >= 15 is 0 Å². The topological polar surface area (TPSA) is 0 Å². The van der Waals surface area contributed by atoms with Crippen LogP contribution in [0, 0.1) is 11.8 Å². The normalized spacial score (nSPS) is 30.3. The summed E-state index contributed by atoms with van der Waals surface area (Å²) in [5.41, 5.74) is 4.71. The minimum Gasteiger partial charge on any atom is -0.0802 e. The third kappa shape index (κ3) is 1.81. The van der Waals surface area contributed by atoms with Crippen molar-refractivity contribution in [1.82, 2.24) is 0 Å². The van der Waals surface area contributed by atoms with Crippen LogP contribution in [-0.2, 0) is 0 Å². The van der Waals surface area contributed by atoms with E-state index in [1.165, 1.54) is 24.8 Å². The summed E-state index contributed by atoms with van der Waals surface area (Å²) in [5, 5.41) is 0. The van der Waals surface area contributed by atoms with E-state index in [9.17, 15) is 0 Å². The molecule has 0 aromatic carbocycles. The number of hydrogen-bond donors (Lipinski definition) is 0. The van der Waals surface area contributed by atoms with E-state index in [0.29, 0.717) is 0 Å². The van der Waals surface area contributed by atoms with Gasteiger partial charge in [0.25, 0.3) is 0 Å². The quantitative estimate of drug-likeness (QED) is 0.543. The van der Waals surface area contributed by atoms with Gasteiger partial charge in [0.05, 0.1) is 0 Å². The van der Waals surface area contributed by atoms with Gasteiger partial charge in [0, 0.05) is 5.92 Å². The smallest absolute Gasteiger partial charge is 0.0117 e. The summed E-state index contributed by atoms with van der Waals surface area (Å²) in [4.78, 5) is 0. The summed E-state index contributed by atoms with van der Waals surface area (Å²) in [6.07, 6.45) is 15.7. The minimum atomic E-state index is 0.735. The molecule has 0 amide bonds. The van der Waals surface area contributed by atoms with Gasteiger partial charge in [0.1, 0.15) is 0 Å². The Morgan fingerprint density at radius 2 is 2.00 bits per heavy atom. The molecule has 0 bridgehead atoms. The zero-order valence-electron chi connectivity index (χ0n) is 10.7. The Labute approximate surface area is 99.4 Å². The maximum Gasteiger partial charge on any atom is 0.0117 e. The molecule has 2 unspecified atom stereocenters. The van der Waals surface area contributed by atoms with Crippen molar-refractivity contribution in [1.29, 1.82) is 0 Å². The number of hydrogen-bond acceptors (Lipinski definition) is 0. The summed E-state index contributed by atoms with van der Waals surface area (Å²) in [5.74, 6) is 1.53. The van der Waals surface area contributed by atoms with Gasteiger partial charge in [0.15, 0.2) is 0 Å². The van der Waals surface area contributed by atoms with Crippen molar-refractivity contribution in [3.05, 3.63) is 47.1 Å². The molecule has 3 aliphatic rings. The first-order valence-electron chi connectivity index (χ1n) is 6.62. The molecule has 0 heterocycles. The van der Waals surface area contributed by atoms with E-state index < -0.39 is 0 Å². The van der Waals surface area contributed by atoms with Gasteiger partial charge in [-0.3, -0.25) is 0 Å². The fourth-order valence-electron chi connectivity index (χ4n) is 3.08. The number of rotatable bonds is 0. The van der Waals surface area contributed by atoms with Crippen LogP contribution in [0.3, 0.4) is 0 Å². The Morgan fingerprint density at radius 1 is 1.19 bits per heavy atom. The Balaban J connectivity index is 0.000000457. The van der Waals surface area contributed by atoms with Crippen LogP contribution in [0.1, 0.15) is 40.0 Å². The highest BCUT2D eigenvalue weighted by Gasteiger charge is 2.32. The van der Waals surface area contributed by atoms with Gasteiger partial charge >= 0.3 is 0 Å². The zero-order chi connectivity index (χ0) is 11.5. The maximum absolute atomic E-state index is 2.43. The van der Waals surface area contributed by atoms with Crippen LogP contribution in [0.4, 0.5) is 0 Å². The van der Waals surface area contributed by atoms with Crippen molar-refractivity contribution >= 4 is 0 Å². The lowest BCUT2D eigenvalue weighted by Crippen LogP contribution is -2.25. The molecule has 0 aromatic heterocycles. The van der Waals surface area contributed by atoms with Gasteiger partial charge in [-0.15, -0.1) is 0 Å². The first kappa shape index (κ1) is 11.4. The Hall–Kier alpha value is -1.04. The van der Waals surface area contributed by atoms with Gasteiger partial charge in [0.2, 0.25) is 0 Å². The molecular formula is C16H22. The SMILES string of the molecule is CC.CC1=C2C=CC=C3CCCC(C=C1)C32. The molecule has 0 spiro atoms. The molecule has 3 aliphatic carbocycles. The predicted octanol–water partition coefficient (Wildman–Crippen LogP) is 4.81. The highest BCUT2D eigenvalue weighted by molar-refractivity contribution is 5.48. The van der Waals surface area contributed by atoms with Crippen LogP contribution >= 0.6 is 0 Å². The standard InChI is InChI=1S/C14H16.C2H6/c1-10-8-9-12-5-2-4-11-6-3-7-13(10)14(11)12;1-2/h3,6-9,12,14H,2,4-5H2,1H3;1-2H3. The van der Waals surface area contributed by atoms with Crippen molar-refractivity contribution in [2.24, 2.45) is 11.8 Å². The van der Waals surface area contributed by atoms with Crippen LogP contribution in [0.25, 0.3) is 0 Å². The summed E-state index contributed by atoms with van der Waals surface area (Å²) in [7, 11) is 0. The zero-order valence-corrected chi connectivity index (χ0v) is 10.7. The maximum atomic E-state index is 2.43. The summed E-state index contributed by atoms with van der Waals surface area (Å²) < 4.78 is 0. The third-order valence-electron chi connectivity index (χ3n) is 3.80. The molecule has 1 saturated carbocycles. The molecule has 3 rings (SSSR count). The van der Waals surface area contributed by atoms with Crippen LogP contribution in [0.15, 0.2) is 47.1 Å².